The number of nitrogens with zero attached hydrogens (tertiary/aromatic N) is 1. The summed E-state index contributed by atoms with van der Waals surface area (Å²) in [6, 6.07) is 8.44. The van der Waals surface area contributed by atoms with Crippen LogP contribution in [0.1, 0.15) is 11.1 Å². The molecule has 30 heavy (non-hydrogen) atoms. The van der Waals surface area contributed by atoms with Gasteiger partial charge >= 0.3 is 0 Å². The molecule has 1 aliphatic heterocycles. The van der Waals surface area contributed by atoms with Crippen LogP contribution in [0.5, 0.6) is 11.5 Å². The SMILES string of the molecule is C#CCOc1c(/C=C2/SC(=O)N(Cc3ccc(Cl)c(Cl)c3)C2=O)cc(Br)cc1OC. The molecule has 5 nitrogen and oxygen atoms in total. The molecule has 3 rings (SSSR count). The Balaban J connectivity index is 1.92. The topological polar surface area (TPSA) is 55.8 Å². The van der Waals surface area contributed by atoms with E-state index in [4.69, 9.17) is 39.1 Å². The summed E-state index contributed by atoms with van der Waals surface area (Å²) in [4.78, 5) is 26.7. The Morgan fingerprint density at radius 3 is 2.67 bits per heavy atom. The molecule has 1 heterocycles. The van der Waals surface area contributed by atoms with Gasteiger partial charge in [-0.1, -0.05) is 51.1 Å². The maximum Gasteiger partial charge on any atom is 0.293 e. The normalized spacial score (nSPS) is 14.9. The molecule has 0 bridgehead atoms. The molecule has 2 amide bonds. The van der Waals surface area contributed by atoms with Crippen molar-refractivity contribution in [1.29, 1.82) is 0 Å². The smallest absolute Gasteiger partial charge is 0.293 e. The van der Waals surface area contributed by atoms with Gasteiger partial charge in [0.25, 0.3) is 11.1 Å². The molecule has 0 saturated carbocycles. The highest BCUT2D eigenvalue weighted by Crippen LogP contribution is 2.40. The molecule has 1 saturated heterocycles. The fourth-order valence-electron chi connectivity index (χ4n) is 2.71. The third-order valence-corrected chi connectivity index (χ3v) is 6.16. The maximum atomic E-state index is 12.9. The van der Waals surface area contributed by atoms with Crippen LogP contribution in [0.4, 0.5) is 4.79 Å². The van der Waals surface area contributed by atoms with Crippen molar-refractivity contribution in [2.24, 2.45) is 0 Å². The van der Waals surface area contributed by atoms with E-state index in [2.05, 4.69) is 21.9 Å². The number of rotatable bonds is 6. The number of terminal acetylenes is 1. The number of halogens is 3. The molecule has 1 fully saturated rings. The highest BCUT2D eigenvalue weighted by Gasteiger charge is 2.35. The molecule has 2 aromatic rings. The van der Waals surface area contributed by atoms with Crippen molar-refractivity contribution < 1.29 is 19.1 Å². The predicted octanol–water partition coefficient (Wildman–Crippen LogP) is 6.01. The minimum absolute atomic E-state index is 0.0254. The van der Waals surface area contributed by atoms with Crippen molar-refractivity contribution >= 4 is 68.1 Å². The molecule has 0 N–H and O–H groups in total. The van der Waals surface area contributed by atoms with Crippen LogP contribution in [0.2, 0.25) is 10.0 Å². The number of hydrogen-bond donors (Lipinski definition) is 0. The average Bonchev–Trinajstić information content (AvgIpc) is 2.97. The average molecular weight is 527 g/mol. The van der Waals surface area contributed by atoms with Gasteiger partial charge in [0.05, 0.1) is 28.6 Å². The molecule has 0 atom stereocenters. The summed E-state index contributed by atoms with van der Waals surface area (Å²) in [5, 5.41) is 0.371. The third kappa shape index (κ3) is 4.96. The van der Waals surface area contributed by atoms with Gasteiger partial charge in [0, 0.05) is 10.0 Å². The summed E-state index contributed by atoms with van der Waals surface area (Å²) in [5.74, 6) is 2.81. The minimum atomic E-state index is -0.419. The van der Waals surface area contributed by atoms with E-state index in [1.807, 2.05) is 0 Å². The first-order valence-corrected chi connectivity index (χ1v) is 10.8. The van der Waals surface area contributed by atoms with Gasteiger partial charge in [0.1, 0.15) is 6.61 Å². The number of benzene rings is 2. The van der Waals surface area contributed by atoms with E-state index >= 15 is 0 Å². The molecule has 0 radical (unpaired) electrons. The first-order chi connectivity index (χ1) is 14.3. The predicted molar refractivity (Wildman–Crippen MR) is 123 cm³/mol. The van der Waals surface area contributed by atoms with Crippen LogP contribution in [0.15, 0.2) is 39.7 Å². The highest BCUT2D eigenvalue weighted by molar-refractivity contribution is 9.10. The lowest BCUT2D eigenvalue weighted by atomic mass is 10.1. The van der Waals surface area contributed by atoms with Crippen LogP contribution in [0, 0.1) is 12.3 Å². The molecule has 154 valence electrons. The maximum absolute atomic E-state index is 12.9. The number of imide groups is 1. The van der Waals surface area contributed by atoms with Crippen molar-refractivity contribution in [3.63, 3.8) is 0 Å². The van der Waals surface area contributed by atoms with Gasteiger partial charge in [0.15, 0.2) is 11.5 Å². The molecule has 1 aliphatic rings. The van der Waals surface area contributed by atoms with E-state index in [-0.39, 0.29) is 23.3 Å². The molecule has 0 unspecified atom stereocenters. The van der Waals surface area contributed by atoms with E-state index in [1.165, 1.54) is 7.11 Å². The lowest BCUT2D eigenvalue weighted by Crippen LogP contribution is -2.27. The molecule has 9 heteroatoms. The van der Waals surface area contributed by atoms with Gasteiger partial charge in [-0.15, -0.1) is 6.42 Å². The Hall–Kier alpha value is -2.11. The van der Waals surface area contributed by atoms with Gasteiger partial charge in [-0.05, 0) is 47.7 Å². The fourth-order valence-corrected chi connectivity index (χ4v) is 4.32. The lowest BCUT2D eigenvalue weighted by Gasteiger charge is -2.14. The lowest BCUT2D eigenvalue weighted by molar-refractivity contribution is -0.123. The van der Waals surface area contributed by atoms with Crippen LogP contribution in [0.3, 0.4) is 0 Å². The van der Waals surface area contributed by atoms with Crippen LogP contribution in [-0.4, -0.2) is 29.8 Å². The standard InChI is InChI=1S/C21H14BrCl2NO4S/c1-3-6-29-19-13(8-14(22)10-17(19)28-2)9-18-20(26)25(21(27)30-18)11-12-4-5-15(23)16(24)7-12/h1,4-5,7-10H,6,11H2,2H3/b18-9+. The van der Waals surface area contributed by atoms with E-state index in [1.54, 1.807) is 36.4 Å². The molecule has 2 aromatic carbocycles. The summed E-state index contributed by atoms with van der Waals surface area (Å²) in [6.07, 6.45) is 6.88. The molecule has 0 aromatic heterocycles. The molecule has 0 aliphatic carbocycles. The third-order valence-electron chi connectivity index (χ3n) is 4.05. The van der Waals surface area contributed by atoms with E-state index in [9.17, 15) is 9.59 Å². The second kappa shape index (κ2) is 9.80. The zero-order valence-electron chi connectivity index (χ0n) is 15.6. The Labute approximate surface area is 196 Å². The Bertz CT molecular complexity index is 1100. The number of carbonyl (C=O) groups is 2. The second-order valence-corrected chi connectivity index (χ2v) is 8.76. The molecule has 0 spiro atoms. The Morgan fingerprint density at radius 1 is 1.23 bits per heavy atom. The number of carbonyl (C=O) groups excluding carboxylic acids is 2. The van der Waals surface area contributed by atoms with Crippen molar-refractivity contribution in [3.8, 4) is 23.8 Å². The summed E-state index contributed by atoms with van der Waals surface area (Å²) in [6.45, 7) is 0.110. The summed E-state index contributed by atoms with van der Waals surface area (Å²) in [7, 11) is 1.50. The zero-order valence-corrected chi connectivity index (χ0v) is 19.5. The first kappa shape index (κ1) is 22.6. The van der Waals surface area contributed by atoms with Gasteiger partial charge < -0.3 is 9.47 Å². The zero-order chi connectivity index (χ0) is 21.8. The van der Waals surface area contributed by atoms with E-state index < -0.39 is 5.91 Å². The van der Waals surface area contributed by atoms with Crippen molar-refractivity contribution in [2.75, 3.05) is 13.7 Å². The van der Waals surface area contributed by atoms with Crippen molar-refractivity contribution in [2.45, 2.75) is 6.54 Å². The fraction of sp³-hybridized carbons (Fsp3) is 0.143. The number of methoxy groups -OCH3 is 1. The van der Waals surface area contributed by atoms with Gasteiger partial charge in [-0.2, -0.15) is 0 Å². The first-order valence-electron chi connectivity index (χ1n) is 8.47. The molecular formula is C21H14BrCl2NO4S. The second-order valence-electron chi connectivity index (χ2n) is 6.04. The minimum Gasteiger partial charge on any atom is -0.493 e. The van der Waals surface area contributed by atoms with Gasteiger partial charge in [-0.25, -0.2) is 0 Å². The van der Waals surface area contributed by atoms with Crippen LogP contribution in [0.25, 0.3) is 6.08 Å². The summed E-state index contributed by atoms with van der Waals surface area (Å²) < 4.78 is 11.7. The van der Waals surface area contributed by atoms with E-state index in [0.717, 1.165) is 16.7 Å². The molecular weight excluding hydrogens is 513 g/mol. The Morgan fingerprint density at radius 2 is 2.00 bits per heavy atom. The van der Waals surface area contributed by atoms with Crippen LogP contribution in [-0.2, 0) is 11.3 Å². The number of ether oxygens (including phenoxy) is 2. The quantitative estimate of drug-likeness (QED) is 0.340. The van der Waals surface area contributed by atoms with Gasteiger partial charge in [-0.3, -0.25) is 14.5 Å². The summed E-state index contributed by atoms with van der Waals surface area (Å²) in [5.41, 5.74) is 1.24. The number of thioether (sulfide) groups is 1. The largest absolute Gasteiger partial charge is 0.493 e. The van der Waals surface area contributed by atoms with Crippen LogP contribution < -0.4 is 9.47 Å². The van der Waals surface area contributed by atoms with Crippen molar-refractivity contribution in [3.05, 3.63) is 60.9 Å². The van der Waals surface area contributed by atoms with Crippen LogP contribution >= 0.6 is 50.9 Å². The number of hydrogen-bond acceptors (Lipinski definition) is 5. The van der Waals surface area contributed by atoms with Gasteiger partial charge in [0.2, 0.25) is 0 Å². The van der Waals surface area contributed by atoms with E-state index in [0.29, 0.717) is 37.1 Å². The van der Waals surface area contributed by atoms with Crippen molar-refractivity contribution in [1.82, 2.24) is 4.90 Å². The highest BCUT2D eigenvalue weighted by atomic mass is 79.9. The summed E-state index contributed by atoms with van der Waals surface area (Å²) >= 11 is 16.2. The monoisotopic (exact) mass is 525 g/mol. The number of amides is 2. The Kier molecular flexibility index (Phi) is 7.37.